The molecular formula is C26H34N4O5. The van der Waals surface area contributed by atoms with Gasteiger partial charge in [-0.05, 0) is 44.4 Å². The highest BCUT2D eigenvalue weighted by Crippen LogP contribution is 2.24. The van der Waals surface area contributed by atoms with Crippen LogP contribution in [-0.2, 0) is 11.3 Å². The molecule has 0 unspecified atom stereocenters. The molecule has 0 N–H and O–H groups in total. The molecule has 5 rings (SSSR count). The molecule has 0 radical (unpaired) electrons. The first-order valence-electron chi connectivity index (χ1n) is 12.8. The van der Waals surface area contributed by atoms with Crippen molar-refractivity contribution in [1.82, 2.24) is 19.4 Å². The number of unbranched alkanes of at least 4 members (excludes halogenated alkanes) is 1. The van der Waals surface area contributed by atoms with Gasteiger partial charge in [-0.25, -0.2) is 14.1 Å². The Hall–Kier alpha value is -2.75. The Bertz CT molecular complexity index is 1270. The fourth-order valence-electron chi connectivity index (χ4n) is 5.29. The third kappa shape index (κ3) is 5.91. The van der Waals surface area contributed by atoms with Crippen LogP contribution in [-0.4, -0.2) is 64.8 Å². The van der Waals surface area contributed by atoms with E-state index in [0.29, 0.717) is 17.8 Å². The van der Waals surface area contributed by atoms with E-state index in [1.807, 2.05) is 0 Å². The fourth-order valence-corrected chi connectivity index (χ4v) is 5.29. The summed E-state index contributed by atoms with van der Waals surface area (Å²) in [5.74, 6) is 0. The lowest BCUT2D eigenvalue weighted by molar-refractivity contribution is 0.0739. The Balaban J connectivity index is 1.12. The summed E-state index contributed by atoms with van der Waals surface area (Å²) < 4.78 is 18.3. The minimum absolute atomic E-state index is 0.210. The summed E-state index contributed by atoms with van der Waals surface area (Å²) in [4.78, 5) is 29.3. The molecule has 2 fully saturated rings. The van der Waals surface area contributed by atoms with Crippen molar-refractivity contribution in [3.8, 4) is 0 Å². The third-order valence-corrected chi connectivity index (χ3v) is 7.16. The summed E-state index contributed by atoms with van der Waals surface area (Å²) in [6.45, 7) is 6.63. The smallest absolute Gasteiger partial charge is 0.336 e. The predicted molar refractivity (Wildman–Crippen MR) is 132 cm³/mol. The van der Waals surface area contributed by atoms with Crippen LogP contribution in [0.25, 0.3) is 16.7 Å². The first kappa shape index (κ1) is 24.0. The molecular weight excluding hydrogens is 448 g/mol. The lowest BCUT2D eigenvalue weighted by Crippen LogP contribution is -2.50. The Morgan fingerprint density at radius 3 is 2.51 bits per heavy atom. The van der Waals surface area contributed by atoms with Gasteiger partial charge in [0.15, 0.2) is 16.7 Å². The van der Waals surface area contributed by atoms with Crippen molar-refractivity contribution in [2.75, 3.05) is 39.3 Å². The van der Waals surface area contributed by atoms with E-state index in [1.54, 1.807) is 22.8 Å². The van der Waals surface area contributed by atoms with E-state index in [1.165, 1.54) is 45.2 Å². The van der Waals surface area contributed by atoms with Gasteiger partial charge in [0.1, 0.15) is 5.69 Å². The van der Waals surface area contributed by atoms with Crippen LogP contribution in [0.3, 0.4) is 0 Å². The van der Waals surface area contributed by atoms with Crippen LogP contribution >= 0.6 is 0 Å². The van der Waals surface area contributed by atoms with Crippen LogP contribution in [0.4, 0.5) is 0 Å². The van der Waals surface area contributed by atoms with Crippen LogP contribution in [0.2, 0.25) is 0 Å². The van der Waals surface area contributed by atoms with Gasteiger partial charge in [0, 0.05) is 57.2 Å². The quantitative estimate of drug-likeness (QED) is 0.452. The van der Waals surface area contributed by atoms with Crippen molar-refractivity contribution in [3.63, 3.8) is 0 Å². The van der Waals surface area contributed by atoms with Crippen LogP contribution in [0.1, 0.15) is 50.6 Å². The molecule has 9 heteroatoms. The molecule has 0 atom stereocenters. The van der Waals surface area contributed by atoms with Gasteiger partial charge in [-0.3, -0.25) is 4.90 Å². The molecule has 4 heterocycles. The maximum absolute atomic E-state index is 12.1. The summed E-state index contributed by atoms with van der Waals surface area (Å²) in [6.07, 6.45) is 10.7. The topological polar surface area (TPSA) is 93.4 Å². The van der Waals surface area contributed by atoms with E-state index in [9.17, 15) is 9.59 Å². The molecule has 9 nitrogen and oxygen atoms in total. The largest absolute Gasteiger partial charge is 0.421 e. The van der Waals surface area contributed by atoms with Gasteiger partial charge in [-0.15, -0.1) is 0 Å². The third-order valence-electron chi connectivity index (χ3n) is 7.16. The van der Waals surface area contributed by atoms with Crippen LogP contribution in [0.5, 0.6) is 0 Å². The Labute approximate surface area is 203 Å². The molecule has 1 aliphatic heterocycles. The molecule has 2 aliphatic rings. The lowest BCUT2D eigenvalue weighted by Gasteiger charge is -2.40. The number of nitrogens with zero attached hydrogens (tertiary/aromatic N) is 4. The minimum atomic E-state index is -0.654. The first-order chi connectivity index (χ1) is 17.2. The molecule has 3 aromatic rings. The average Bonchev–Trinajstić information content (AvgIpc) is 3.25. The number of aromatic nitrogens is 2. The molecule has 0 amide bonds. The van der Waals surface area contributed by atoms with Crippen molar-refractivity contribution in [3.05, 3.63) is 57.0 Å². The van der Waals surface area contributed by atoms with Gasteiger partial charge >= 0.3 is 11.3 Å². The molecule has 0 spiro atoms. The van der Waals surface area contributed by atoms with Crippen molar-refractivity contribution >= 4 is 16.7 Å². The number of piperazine rings is 1. The minimum Gasteiger partial charge on any atom is -0.421 e. The molecule has 1 saturated carbocycles. The summed E-state index contributed by atoms with van der Waals surface area (Å²) in [5, 5.41) is 4.48. The second-order valence-electron chi connectivity index (χ2n) is 9.55. The van der Waals surface area contributed by atoms with Crippen molar-refractivity contribution < 1.29 is 13.6 Å². The highest BCUT2D eigenvalue weighted by molar-refractivity contribution is 5.88. The van der Waals surface area contributed by atoms with E-state index in [4.69, 9.17) is 13.6 Å². The fraction of sp³-hybridized carbons (Fsp3) is 0.577. The van der Waals surface area contributed by atoms with Crippen LogP contribution in [0, 0.1) is 0 Å². The highest BCUT2D eigenvalue weighted by Gasteiger charge is 2.24. The molecule has 188 valence electrons. The summed E-state index contributed by atoms with van der Waals surface area (Å²) in [6, 6.07) is 6.29. The SMILES string of the molecule is O=c1ccc(=O)oc2c(COCCCCN3CCN(C4CCCCC4)CC3)nn3cccc(o1)c23. The van der Waals surface area contributed by atoms with E-state index in [2.05, 4.69) is 14.9 Å². The Morgan fingerprint density at radius 1 is 0.943 bits per heavy atom. The monoisotopic (exact) mass is 482 g/mol. The number of pyridine rings is 1. The molecule has 35 heavy (non-hydrogen) atoms. The van der Waals surface area contributed by atoms with Gasteiger partial charge in [0.25, 0.3) is 0 Å². The maximum atomic E-state index is 12.1. The predicted octanol–water partition coefficient (Wildman–Crippen LogP) is 3.20. The molecule has 0 aromatic carbocycles. The van der Waals surface area contributed by atoms with Gasteiger partial charge in [-0.2, -0.15) is 5.10 Å². The Kier molecular flexibility index (Phi) is 7.75. The zero-order valence-electron chi connectivity index (χ0n) is 20.2. The van der Waals surface area contributed by atoms with Gasteiger partial charge < -0.3 is 18.5 Å². The zero-order valence-corrected chi connectivity index (χ0v) is 20.2. The second kappa shape index (κ2) is 11.3. The average molecular weight is 483 g/mol. The van der Waals surface area contributed by atoms with Gasteiger partial charge in [0.2, 0.25) is 0 Å². The van der Waals surface area contributed by atoms with E-state index >= 15 is 0 Å². The summed E-state index contributed by atoms with van der Waals surface area (Å²) >= 11 is 0. The summed E-state index contributed by atoms with van der Waals surface area (Å²) in [5.41, 5.74) is 0.186. The summed E-state index contributed by atoms with van der Waals surface area (Å²) in [7, 11) is 0. The van der Waals surface area contributed by atoms with Gasteiger partial charge in [0.05, 0.1) is 6.61 Å². The molecule has 0 bridgehead atoms. The molecule has 1 aliphatic carbocycles. The number of ether oxygens (including phenoxy) is 1. The van der Waals surface area contributed by atoms with Crippen molar-refractivity contribution in [2.24, 2.45) is 0 Å². The number of hydrogen-bond acceptors (Lipinski definition) is 8. The van der Waals surface area contributed by atoms with E-state index in [-0.39, 0.29) is 17.8 Å². The lowest BCUT2D eigenvalue weighted by atomic mass is 9.94. The second-order valence-corrected chi connectivity index (χ2v) is 9.55. The van der Waals surface area contributed by atoms with Crippen LogP contribution in [0.15, 0.2) is 48.9 Å². The zero-order chi connectivity index (χ0) is 24.0. The number of rotatable bonds is 8. The standard InChI is InChI=1S/C26H34N4O5/c31-23-10-11-24(32)35-26-21(27-30-13-6-9-22(34-23)25(26)30)19-33-18-5-4-12-28-14-16-29(17-15-28)20-7-2-1-3-8-20/h6,9-11,13,20H,1-5,7-8,12,14-19H2. The van der Waals surface area contributed by atoms with Crippen molar-refractivity contribution in [2.45, 2.75) is 57.6 Å². The van der Waals surface area contributed by atoms with E-state index < -0.39 is 11.3 Å². The first-order valence-corrected chi connectivity index (χ1v) is 12.8. The Morgan fingerprint density at radius 2 is 1.71 bits per heavy atom. The number of hydrogen-bond donors (Lipinski definition) is 0. The van der Waals surface area contributed by atoms with Gasteiger partial charge in [-0.1, -0.05) is 19.3 Å². The van der Waals surface area contributed by atoms with Crippen molar-refractivity contribution in [1.29, 1.82) is 0 Å². The molecule has 1 saturated heterocycles. The van der Waals surface area contributed by atoms with Crippen LogP contribution < -0.4 is 11.3 Å². The normalized spacial score (nSPS) is 18.4. The maximum Gasteiger partial charge on any atom is 0.336 e. The molecule has 3 aromatic heterocycles. The van der Waals surface area contributed by atoms with E-state index in [0.717, 1.165) is 50.7 Å². The highest BCUT2D eigenvalue weighted by atomic mass is 16.5.